The first-order chi connectivity index (χ1) is 14.2. The van der Waals surface area contributed by atoms with Gasteiger partial charge in [-0.25, -0.2) is 0 Å². The number of benzene rings is 2. The summed E-state index contributed by atoms with van der Waals surface area (Å²) in [6.07, 6.45) is 2.37. The van der Waals surface area contributed by atoms with Crippen LogP contribution in [0.2, 0.25) is 5.15 Å². The molecule has 2 heterocycles. The molecule has 1 aliphatic heterocycles. The van der Waals surface area contributed by atoms with E-state index >= 15 is 0 Å². The van der Waals surface area contributed by atoms with Crippen LogP contribution in [0.3, 0.4) is 0 Å². The number of hydrogen-bond donors (Lipinski definition) is 1. The molecule has 0 radical (unpaired) electrons. The van der Waals surface area contributed by atoms with Gasteiger partial charge in [0.15, 0.2) is 11.0 Å². The molecular formula is C23H23ClN4O. The molecule has 0 spiro atoms. The van der Waals surface area contributed by atoms with Gasteiger partial charge >= 0.3 is 0 Å². The number of anilines is 2. The summed E-state index contributed by atoms with van der Waals surface area (Å²) in [6, 6.07) is 21.9. The number of nitrogens with zero attached hydrogens (tertiary/aromatic N) is 3. The van der Waals surface area contributed by atoms with Gasteiger partial charge in [-0.1, -0.05) is 60.1 Å². The third-order valence-corrected chi connectivity index (χ3v) is 5.52. The number of piperidine rings is 1. The van der Waals surface area contributed by atoms with E-state index in [0.717, 1.165) is 49.4 Å². The summed E-state index contributed by atoms with van der Waals surface area (Å²) in [5, 5.41) is 11.6. The number of nitrogens with one attached hydrogen (secondary N) is 1. The van der Waals surface area contributed by atoms with Crippen molar-refractivity contribution >= 4 is 29.0 Å². The quantitative estimate of drug-likeness (QED) is 0.674. The summed E-state index contributed by atoms with van der Waals surface area (Å²) in [5.41, 5.74) is 3.25. The SMILES string of the molecule is O=C(Nc1ccccc1Cc1ccccc1)C1CCN(c2ccc(Cl)nn2)CC1. The molecule has 0 aliphatic carbocycles. The molecule has 1 aromatic heterocycles. The zero-order chi connectivity index (χ0) is 20.1. The Kier molecular flexibility index (Phi) is 6.06. The molecule has 1 fully saturated rings. The van der Waals surface area contributed by atoms with Crippen LogP contribution >= 0.6 is 11.6 Å². The molecule has 1 aliphatic rings. The van der Waals surface area contributed by atoms with Crippen molar-refractivity contribution < 1.29 is 4.79 Å². The van der Waals surface area contributed by atoms with Gasteiger partial charge in [0.2, 0.25) is 5.91 Å². The van der Waals surface area contributed by atoms with Crippen molar-refractivity contribution in [1.29, 1.82) is 0 Å². The van der Waals surface area contributed by atoms with Crippen LogP contribution in [0.25, 0.3) is 0 Å². The second-order valence-corrected chi connectivity index (χ2v) is 7.67. The van der Waals surface area contributed by atoms with E-state index in [9.17, 15) is 4.79 Å². The zero-order valence-corrected chi connectivity index (χ0v) is 16.8. The minimum absolute atomic E-state index is 0.00343. The molecule has 1 N–H and O–H groups in total. The van der Waals surface area contributed by atoms with E-state index in [1.54, 1.807) is 6.07 Å². The van der Waals surface area contributed by atoms with E-state index < -0.39 is 0 Å². The average Bonchev–Trinajstić information content (AvgIpc) is 2.76. The minimum Gasteiger partial charge on any atom is -0.355 e. The number of carbonyl (C=O) groups is 1. The molecule has 3 aromatic rings. The van der Waals surface area contributed by atoms with E-state index in [2.05, 4.69) is 38.6 Å². The Labute approximate surface area is 175 Å². The van der Waals surface area contributed by atoms with E-state index in [0.29, 0.717) is 5.15 Å². The first kappa shape index (κ1) is 19.4. The van der Waals surface area contributed by atoms with Gasteiger partial charge in [-0.05, 0) is 48.6 Å². The normalized spacial score (nSPS) is 14.6. The first-order valence-corrected chi connectivity index (χ1v) is 10.2. The first-order valence-electron chi connectivity index (χ1n) is 9.86. The van der Waals surface area contributed by atoms with Crippen molar-refractivity contribution in [3.8, 4) is 0 Å². The molecule has 5 nitrogen and oxygen atoms in total. The number of halogens is 1. The highest BCUT2D eigenvalue weighted by Gasteiger charge is 2.26. The number of rotatable bonds is 5. The fourth-order valence-corrected chi connectivity index (χ4v) is 3.80. The molecule has 0 saturated carbocycles. The Morgan fingerprint density at radius 3 is 2.41 bits per heavy atom. The van der Waals surface area contributed by atoms with Crippen molar-refractivity contribution in [2.24, 2.45) is 5.92 Å². The van der Waals surface area contributed by atoms with Gasteiger partial charge in [-0.15, -0.1) is 10.2 Å². The summed E-state index contributed by atoms with van der Waals surface area (Å²) < 4.78 is 0. The number of aromatic nitrogens is 2. The summed E-state index contributed by atoms with van der Waals surface area (Å²) >= 11 is 5.81. The molecule has 148 valence electrons. The number of para-hydroxylation sites is 1. The van der Waals surface area contributed by atoms with E-state index in [1.807, 2.05) is 42.5 Å². The molecule has 1 amide bonds. The Morgan fingerprint density at radius 2 is 1.69 bits per heavy atom. The molecule has 0 atom stereocenters. The van der Waals surface area contributed by atoms with Gasteiger partial charge < -0.3 is 10.2 Å². The van der Waals surface area contributed by atoms with Crippen LogP contribution in [0.1, 0.15) is 24.0 Å². The lowest BCUT2D eigenvalue weighted by Gasteiger charge is -2.31. The molecule has 4 rings (SSSR count). The maximum atomic E-state index is 12.9. The Hall–Kier alpha value is -2.92. The van der Waals surface area contributed by atoms with Crippen LogP contribution in [0.15, 0.2) is 66.7 Å². The largest absolute Gasteiger partial charge is 0.355 e. The van der Waals surface area contributed by atoms with Crippen LogP contribution in [0.5, 0.6) is 0 Å². The van der Waals surface area contributed by atoms with Crippen LogP contribution in [-0.4, -0.2) is 29.2 Å². The topological polar surface area (TPSA) is 58.1 Å². The molecule has 1 saturated heterocycles. The van der Waals surface area contributed by atoms with Crippen molar-refractivity contribution in [3.63, 3.8) is 0 Å². The molecule has 0 unspecified atom stereocenters. The number of carbonyl (C=O) groups excluding carboxylic acids is 1. The zero-order valence-electron chi connectivity index (χ0n) is 16.1. The standard InChI is InChI=1S/C23H23ClN4O/c24-21-10-11-22(27-26-21)28-14-12-18(13-15-28)23(29)25-20-9-5-4-8-19(20)16-17-6-2-1-3-7-17/h1-11,18H,12-16H2,(H,25,29). The molecule has 0 bridgehead atoms. The van der Waals surface area contributed by atoms with Gasteiger partial charge in [-0.2, -0.15) is 0 Å². The molecule has 29 heavy (non-hydrogen) atoms. The summed E-state index contributed by atoms with van der Waals surface area (Å²) in [6.45, 7) is 1.56. The highest BCUT2D eigenvalue weighted by molar-refractivity contribution is 6.29. The second-order valence-electron chi connectivity index (χ2n) is 7.28. The van der Waals surface area contributed by atoms with Gasteiger partial charge in [0.25, 0.3) is 0 Å². The fraction of sp³-hybridized carbons (Fsp3) is 0.261. The number of hydrogen-bond acceptors (Lipinski definition) is 4. The molecule has 2 aromatic carbocycles. The van der Waals surface area contributed by atoms with E-state index in [4.69, 9.17) is 11.6 Å². The molecule has 6 heteroatoms. The number of amides is 1. The maximum absolute atomic E-state index is 12.9. The van der Waals surface area contributed by atoms with Crippen molar-refractivity contribution in [2.45, 2.75) is 19.3 Å². The third-order valence-electron chi connectivity index (χ3n) is 5.32. The lowest BCUT2D eigenvalue weighted by molar-refractivity contribution is -0.120. The van der Waals surface area contributed by atoms with Gasteiger partial charge in [0, 0.05) is 24.7 Å². The van der Waals surface area contributed by atoms with E-state index in [1.165, 1.54) is 5.56 Å². The maximum Gasteiger partial charge on any atom is 0.227 e. The second kappa shape index (κ2) is 9.05. The summed E-state index contributed by atoms with van der Waals surface area (Å²) in [5.74, 6) is 0.894. The fourth-order valence-electron chi connectivity index (χ4n) is 3.70. The Bertz CT molecular complexity index is 954. The molecular weight excluding hydrogens is 384 g/mol. The van der Waals surface area contributed by atoms with Crippen molar-refractivity contribution in [1.82, 2.24) is 10.2 Å². The van der Waals surface area contributed by atoms with Crippen molar-refractivity contribution in [2.75, 3.05) is 23.3 Å². The van der Waals surface area contributed by atoms with Gasteiger partial charge in [0.1, 0.15) is 0 Å². The Balaban J connectivity index is 1.37. The van der Waals surface area contributed by atoms with Gasteiger partial charge in [0.05, 0.1) is 0 Å². The summed E-state index contributed by atoms with van der Waals surface area (Å²) in [7, 11) is 0. The van der Waals surface area contributed by atoms with Crippen LogP contribution in [0, 0.1) is 5.92 Å². The van der Waals surface area contributed by atoms with Gasteiger partial charge in [-0.3, -0.25) is 4.79 Å². The van der Waals surface area contributed by atoms with Crippen molar-refractivity contribution in [3.05, 3.63) is 83.0 Å². The lowest BCUT2D eigenvalue weighted by atomic mass is 9.95. The third kappa shape index (κ3) is 4.93. The average molecular weight is 407 g/mol. The summed E-state index contributed by atoms with van der Waals surface area (Å²) in [4.78, 5) is 15.0. The lowest BCUT2D eigenvalue weighted by Crippen LogP contribution is -2.38. The predicted molar refractivity (Wildman–Crippen MR) is 116 cm³/mol. The van der Waals surface area contributed by atoms with Crippen LogP contribution in [-0.2, 0) is 11.2 Å². The van der Waals surface area contributed by atoms with E-state index in [-0.39, 0.29) is 11.8 Å². The van der Waals surface area contributed by atoms with Crippen LogP contribution < -0.4 is 10.2 Å². The van der Waals surface area contributed by atoms with Crippen LogP contribution in [0.4, 0.5) is 11.5 Å². The highest BCUT2D eigenvalue weighted by atomic mass is 35.5. The smallest absolute Gasteiger partial charge is 0.227 e. The predicted octanol–water partition coefficient (Wildman–Crippen LogP) is 4.58. The monoisotopic (exact) mass is 406 g/mol. The highest BCUT2D eigenvalue weighted by Crippen LogP contribution is 2.25. The minimum atomic E-state index is -0.00343. The Morgan fingerprint density at radius 1 is 0.966 bits per heavy atom.